The molecular formula is C24H23N3O2S. The lowest BCUT2D eigenvalue weighted by Gasteiger charge is -2.11. The van der Waals surface area contributed by atoms with Crippen LogP contribution in [0.25, 0.3) is 10.8 Å². The number of benzene rings is 3. The Kier molecular flexibility index (Phi) is 5.86. The van der Waals surface area contributed by atoms with Crippen LogP contribution >= 0.6 is 11.8 Å². The molecule has 0 saturated carbocycles. The van der Waals surface area contributed by atoms with Crippen molar-refractivity contribution in [2.45, 2.75) is 25.0 Å². The molecule has 2 amide bonds. The number of hydrogen-bond acceptors (Lipinski definition) is 4. The van der Waals surface area contributed by atoms with Crippen LogP contribution in [0.2, 0.25) is 0 Å². The largest absolute Gasteiger partial charge is 0.326 e. The predicted molar refractivity (Wildman–Crippen MR) is 124 cm³/mol. The Balaban J connectivity index is 1.51. The van der Waals surface area contributed by atoms with Crippen molar-refractivity contribution in [2.75, 3.05) is 12.4 Å². The van der Waals surface area contributed by atoms with E-state index in [1.54, 1.807) is 11.9 Å². The highest BCUT2D eigenvalue weighted by atomic mass is 32.2. The van der Waals surface area contributed by atoms with E-state index in [4.69, 9.17) is 4.99 Å². The van der Waals surface area contributed by atoms with Crippen LogP contribution in [0.4, 0.5) is 11.4 Å². The molecule has 0 spiro atoms. The fourth-order valence-electron chi connectivity index (χ4n) is 3.53. The van der Waals surface area contributed by atoms with Crippen molar-refractivity contribution in [3.05, 3.63) is 72.3 Å². The van der Waals surface area contributed by atoms with E-state index in [-0.39, 0.29) is 18.2 Å². The number of fused-ring (bicyclic) bond motifs is 1. The lowest BCUT2D eigenvalue weighted by molar-refractivity contribution is -0.127. The Morgan fingerprint density at radius 1 is 1.07 bits per heavy atom. The molecule has 4 rings (SSSR count). The van der Waals surface area contributed by atoms with Crippen LogP contribution in [-0.2, 0) is 16.0 Å². The van der Waals surface area contributed by atoms with Gasteiger partial charge in [0.25, 0.3) is 0 Å². The summed E-state index contributed by atoms with van der Waals surface area (Å²) >= 11 is 1.34. The molecule has 3 aromatic carbocycles. The summed E-state index contributed by atoms with van der Waals surface area (Å²) in [5, 5.41) is 5.22. The van der Waals surface area contributed by atoms with E-state index in [0.717, 1.165) is 34.1 Å². The smallest absolute Gasteiger partial charge is 0.242 e. The second kappa shape index (κ2) is 8.71. The van der Waals surface area contributed by atoms with E-state index in [9.17, 15) is 9.59 Å². The van der Waals surface area contributed by atoms with Gasteiger partial charge in [0.2, 0.25) is 11.8 Å². The molecule has 30 heavy (non-hydrogen) atoms. The zero-order valence-corrected chi connectivity index (χ0v) is 17.8. The van der Waals surface area contributed by atoms with Gasteiger partial charge in [-0.05, 0) is 29.5 Å². The van der Waals surface area contributed by atoms with Gasteiger partial charge in [0.05, 0.1) is 5.69 Å². The summed E-state index contributed by atoms with van der Waals surface area (Å²) in [6.07, 6.45) is 0.943. The molecule has 1 aliphatic rings. The lowest BCUT2D eigenvalue weighted by Crippen LogP contribution is -2.30. The summed E-state index contributed by atoms with van der Waals surface area (Å²) in [6, 6.07) is 21.7. The van der Waals surface area contributed by atoms with Gasteiger partial charge in [0.1, 0.15) is 5.25 Å². The molecule has 152 valence electrons. The molecule has 3 aromatic rings. The topological polar surface area (TPSA) is 61.8 Å². The standard InChI is InChI=1S/C24H23N3O2S/c1-3-16-9-5-7-13-19(16)25-22(28)15-21-23(29)27(2)24(30-21)26-20-14-8-11-17-10-4-6-12-18(17)20/h4-14,21H,3,15H2,1-2H3,(H,25,28)/t21-/m0/s1. The highest BCUT2D eigenvalue weighted by Crippen LogP contribution is 2.33. The van der Waals surface area contributed by atoms with Crippen molar-refractivity contribution in [3.63, 3.8) is 0 Å². The van der Waals surface area contributed by atoms with E-state index in [2.05, 4.69) is 5.32 Å². The molecular weight excluding hydrogens is 394 g/mol. The number of carbonyl (C=O) groups excluding carboxylic acids is 2. The van der Waals surface area contributed by atoms with Gasteiger partial charge in [0, 0.05) is 24.5 Å². The van der Waals surface area contributed by atoms with Crippen LogP contribution < -0.4 is 5.32 Å². The number of nitrogens with one attached hydrogen (secondary N) is 1. The minimum atomic E-state index is -0.475. The van der Waals surface area contributed by atoms with Crippen molar-refractivity contribution in [1.29, 1.82) is 0 Å². The number of nitrogens with zero attached hydrogens (tertiary/aromatic N) is 2. The zero-order chi connectivity index (χ0) is 21.1. The molecule has 0 bridgehead atoms. The highest BCUT2D eigenvalue weighted by molar-refractivity contribution is 8.15. The molecule has 1 saturated heterocycles. The summed E-state index contributed by atoms with van der Waals surface area (Å²) in [5.41, 5.74) is 2.70. The van der Waals surface area contributed by atoms with E-state index < -0.39 is 5.25 Å². The quantitative estimate of drug-likeness (QED) is 0.636. The fraction of sp³-hybridized carbons (Fsp3) is 0.208. The third-order valence-corrected chi connectivity index (χ3v) is 6.40. The minimum absolute atomic E-state index is 0.0992. The molecule has 6 heteroatoms. The van der Waals surface area contributed by atoms with Crippen LogP contribution in [0.3, 0.4) is 0 Å². The number of carbonyl (C=O) groups is 2. The van der Waals surface area contributed by atoms with Gasteiger partial charge in [-0.15, -0.1) is 0 Å². The van der Waals surface area contributed by atoms with Crippen LogP contribution in [0.1, 0.15) is 18.9 Å². The monoisotopic (exact) mass is 417 g/mol. The van der Waals surface area contributed by atoms with E-state index in [1.807, 2.05) is 73.7 Å². The summed E-state index contributed by atoms with van der Waals surface area (Å²) < 4.78 is 0. The molecule has 1 N–H and O–H groups in total. The average molecular weight is 418 g/mol. The molecule has 5 nitrogen and oxygen atoms in total. The number of aryl methyl sites for hydroxylation is 1. The zero-order valence-electron chi connectivity index (χ0n) is 17.0. The van der Waals surface area contributed by atoms with Gasteiger partial charge >= 0.3 is 0 Å². The first-order chi connectivity index (χ1) is 14.6. The van der Waals surface area contributed by atoms with Crippen molar-refractivity contribution in [3.8, 4) is 0 Å². The minimum Gasteiger partial charge on any atom is -0.326 e. The van der Waals surface area contributed by atoms with Gasteiger partial charge in [-0.2, -0.15) is 0 Å². The number of aliphatic imine (C=N–C) groups is 1. The van der Waals surface area contributed by atoms with E-state index in [1.165, 1.54) is 11.8 Å². The first kappa shape index (κ1) is 20.2. The summed E-state index contributed by atoms with van der Waals surface area (Å²) in [5.74, 6) is -0.264. The number of thioether (sulfide) groups is 1. The third-order valence-electron chi connectivity index (χ3n) is 5.17. The second-order valence-corrected chi connectivity index (χ2v) is 8.33. The lowest BCUT2D eigenvalue weighted by atomic mass is 10.1. The maximum Gasteiger partial charge on any atom is 0.242 e. The number of amides is 2. The van der Waals surface area contributed by atoms with Crippen molar-refractivity contribution in [1.82, 2.24) is 4.90 Å². The average Bonchev–Trinajstić information content (AvgIpc) is 3.02. The van der Waals surface area contributed by atoms with Gasteiger partial charge in [-0.1, -0.05) is 73.3 Å². The van der Waals surface area contributed by atoms with Gasteiger partial charge in [-0.3, -0.25) is 14.5 Å². The fourth-order valence-corrected chi connectivity index (χ4v) is 4.67. The number of para-hydroxylation sites is 1. The predicted octanol–water partition coefficient (Wildman–Crippen LogP) is 4.99. The number of rotatable bonds is 5. The molecule has 1 heterocycles. The summed E-state index contributed by atoms with van der Waals surface area (Å²) in [6.45, 7) is 2.05. The number of anilines is 1. The Morgan fingerprint density at radius 3 is 2.63 bits per heavy atom. The maximum atomic E-state index is 12.7. The van der Waals surface area contributed by atoms with Crippen LogP contribution in [0.15, 0.2) is 71.7 Å². The molecule has 0 aromatic heterocycles. The Morgan fingerprint density at radius 2 is 1.80 bits per heavy atom. The molecule has 1 fully saturated rings. The molecule has 1 aliphatic heterocycles. The number of amidine groups is 1. The Bertz CT molecular complexity index is 1140. The highest BCUT2D eigenvalue weighted by Gasteiger charge is 2.37. The molecule has 0 radical (unpaired) electrons. The first-order valence-electron chi connectivity index (χ1n) is 9.95. The van der Waals surface area contributed by atoms with Crippen molar-refractivity contribution < 1.29 is 9.59 Å². The molecule has 1 atom stereocenters. The Labute approximate surface area is 180 Å². The van der Waals surface area contributed by atoms with Crippen molar-refractivity contribution >= 4 is 50.9 Å². The summed E-state index contributed by atoms with van der Waals surface area (Å²) in [4.78, 5) is 31.6. The van der Waals surface area contributed by atoms with Crippen LogP contribution in [-0.4, -0.2) is 34.2 Å². The van der Waals surface area contributed by atoms with Gasteiger partial charge in [-0.25, -0.2) is 4.99 Å². The first-order valence-corrected chi connectivity index (χ1v) is 10.8. The van der Waals surface area contributed by atoms with Gasteiger partial charge in [0.15, 0.2) is 5.17 Å². The summed E-state index contributed by atoms with van der Waals surface area (Å²) in [7, 11) is 1.71. The van der Waals surface area contributed by atoms with E-state index >= 15 is 0 Å². The van der Waals surface area contributed by atoms with Crippen molar-refractivity contribution in [2.24, 2.45) is 4.99 Å². The molecule has 0 unspecified atom stereocenters. The van der Waals surface area contributed by atoms with Crippen LogP contribution in [0, 0.1) is 0 Å². The Hall–Kier alpha value is -3.12. The maximum absolute atomic E-state index is 12.7. The normalized spacial score (nSPS) is 17.7. The number of hydrogen-bond donors (Lipinski definition) is 1. The van der Waals surface area contributed by atoms with E-state index in [0.29, 0.717) is 5.17 Å². The molecule has 0 aliphatic carbocycles. The third kappa shape index (κ3) is 4.09. The van der Waals surface area contributed by atoms with Gasteiger partial charge < -0.3 is 5.32 Å². The second-order valence-electron chi connectivity index (χ2n) is 7.16. The SMILES string of the molecule is CCc1ccccc1NC(=O)C[C@@H]1SC(=Nc2cccc3ccccc23)N(C)C1=O. The van der Waals surface area contributed by atoms with Crippen LogP contribution in [0.5, 0.6) is 0 Å².